The number of amides is 1. The normalized spacial score (nSPS) is 20.4. The van der Waals surface area contributed by atoms with Gasteiger partial charge < -0.3 is 11.1 Å². The number of primary amides is 1. The van der Waals surface area contributed by atoms with Crippen molar-refractivity contribution in [3.63, 3.8) is 0 Å². The molecule has 106 valence electrons. The highest BCUT2D eigenvalue weighted by Gasteiger charge is 2.24. The van der Waals surface area contributed by atoms with Crippen LogP contribution in [0.15, 0.2) is 6.20 Å². The molecular weight excluding hydrogens is 260 g/mol. The summed E-state index contributed by atoms with van der Waals surface area (Å²) in [5, 5.41) is 4.28. The summed E-state index contributed by atoms with van der Waals surface area (Å²) in [6.45, 7) is 5.79. The Balaban J connectivity index is 1.86. The van der Waals surface area contributed by atoms with Crippen LogP contribution in [-0.2, 0) is 11.3 Å². The van der Waals surface area contributed by atoms with Crippen molar-refractivity contribution in [2.75, 3.05) is 25.0 Å². The molecule has 0 saturated carbocycles. The first-order chi connectivity index (χ1) is 9.19. The van der Waals surface area contributed by atoms with Crippen LogP contribution < -0.4 is 11.1 Å². The van der Waals surface area contributed by atoms with E-state index < -0.39 is 0 Å². The van der Waals surface area contributed by atoms with E-state index in [9.17, 15) is 4.79 Å². The second kappa shape index (κ2) is 6.86. The van der Waals surface area contributed by atoms with E-state index in [2.05, 4.69) is 22.1 Å². The van der Waals surface area contributed by atoms with Gasteiger partial charge >= 0.3 is 0 Å². The number of thiazole rings is 1. The molecule has 1 atom stereocenters. The number of carbonyl (C=O) groups is 1. The van der Waals surface area contributed by atoms with Gasteiger partial charge in [0.15, 0.2) is 5.13 Å². The smallest absolute Gasteiger partial charge is 0.221 e. The lowest BCUT2D eigenvalue weighted by molar-refractivity contribution is -0.123. The number of aromatic nitrogens is 1. The maximum absolute atomic E-state index is 11.3. The number of nitrogens with two attached hydrogens (primary N) is 1. The Labute approximate surface area is 118 Å². The molecule has 2 heterocycles. The lowest BCUT2D eigenvalue weighted by Crippen LogP contribution is -2.40. The van der Waals surface area contributed by atoms with Gasteiger partial charge in [-0.05, 0) is 25.8 Å². The summed E-state index contributed by atoms with van der Waals surface area (Å²) in [5.41, 5.74) is 5.40. The van der Waals surface area contributed by atoms with Gasteiger partial charge in [-0.3, -0.25) is 9.69 Å². The van der Waals surface area contributed by atoms with Crippen LogP contribution in [-0.4, -0.2) is 35.4 Å². The summed E-state index contributed by atoms with van der Waals surface area (Å²) < 4.78 is 0. The van der Waals surface area contributed by atoms with Crippen molar-refractivity contribution in [1.29, 1.82) is 0 Å². The van der Waals surface area contributed by atoms with Gasteiger partial charge in [-0.15, -0.1) is 11.3 Å². The van der Waals surface area contributed by atoms with E-state index in [0.717, 1.165) is 50.6 Å². The molecule has 6 heteroatoms. The molecule has 0 bridgehead atoms. The van der Waals surface area contributed by atoms with E-state index in [1.807, 2.05) is 6.20 Å². The number of nitrogens with zero attached hydrogens (tertiary/aromatic N) is 2. The van der Waals surface area contributed by atoms with Crippen LogP contribution in [0.4, 0.5) is 5.13 Å². The molecule has 1 aromatic heterocycles. The zero-order valence-corrected chi connectivity index (χ0v) is 12.2. The molecule has 0 spiro atoms. The van der Waals surface area contributed by atoms with Gasteiger partial charge in [-0.2, -0.15) is 0 Å². The Kier molecular flexibility index (Phi) is 5.15. The van der Waals surface area contributed by atoms with Gasteiger partial charge in [0.05, 0.1) is 5.92 Å². The molecule has 1 aliphatic heterocycles. The zero-order chi connectivity index (χ0) is 13.7. The molecule has 3 N–H and O–H groups in total. The topological polar surface area (TPSA) is 71.2 Å². The summed E-state index contributed by atoms with van der Waals surface area (Å²) in [6, 6.07) is 0. The molecule has 1 amide bonds. The van der Waals surface area contributed by atoms with Crippen LogP contribution in [0.3, 0.4) is 0 Å². The summed E-state index contributed by atoms with van der Waals surface area (Å²) >= 11 is 1.70. The number of likely N-dealkylation sites (tertiary alicyclic amines) is 1. The van der Waals surface area contributed by atoms with Gasteiger partial charge in [0.1, 0.15) is 0 Å². The molecule has 1 aliphatic rings. The third-order valence-electron chi connectivity index (χ3n) is 3.37. The average Bonchev–Trinajstić information content (AvgIpc) is 2.84. The number of piperidine rings is 1. The molecule has 19 heavy (non-hydrogen) atoms. The fraction of sp³-hybridized carbons (Fsp3) is 0.692. The van der Waals surface area contributed by atoms with Gasteiger partial charge in [0.25, 0.3) is 0 Å². The van der Waals surface area contributed by atoms with Crippen LogP contribution in [0.5, 0.6) is 0 Å². The largest absolute Gasteiger partial charge is 0.369 e. The summed E-state index contributed by atoms with van der Waals surface area (Å²) in [7, 11) is 0. The zero-order valence-electron chi connectivity index (χ0n) is 11.4. The average molecular weight is 282 g/mol. The third kappa shape index (κ3) is 4.18. The van der Waals surface area contributed by atoms with Crippen molar-refractivity contribution in [3.05, 3.63) is 11.1 Å². The number of hydrogen-bond acceptors (Lipinski definition) is 5. The number of rotatable bonds is 6. The lowest BCUT2D eigenvalue weighted by atomic mass is 9.97. The molecule has 0 aliphatic carbocycles. The summed E-state index contributed by atoms with van der Waals surface area (Å²) in [6.07, 6.45) is 5.00. The Hall–Kier alpha value is -1.14. The fourth-order valence-corrected chi connectivity index (χ4v) is 3.23. The minimum absolute atomic E-state index is 0.0133. The molecule has 0 aromatic carbocycles. The predicted molar refractivity (Wildman–Crippen MR) is 78.1 cm³/mol. The van der Waals surface area contributed by atoms with Gasteiger partial charge in [0.2, 0.25) is 5.91 Å². The summed E-state index contributed by atoms with van der Waals surface area (Å²) in [4.78, 5) is 19.2. The second-order valence-corrected chi connectivity index (χ2v) is 6.15. The van der Waals surface area contributed by atoms with Crippen LogP contribution in [0.25, 0.3) is 0 Å². The highest BCUT2D eigenvalue weighted by atomic mass is 32.1. The van der Waals surface area contributed by atoms with E-state index >= 15 is 0 Å². The highest BCUT2D eigenvalue weighted by molar-refractivity contribution is 7.15. The van der Waals surface area contributed by atoms with Crippen molar-refractivity contribution >= 4 is 22.4 Å². The van der Waals surface area contributed by atoms with Crippen LogP contribution in [0, 0.1) is 5.92 Å². The second-order valence-electron chi connectivity index (χ2n) is 5.04. The van der Waals surface area contributed by atoms with E-state index in [1.165, 1.54) is 4.88 Å². The standard InChI is InChI=1S/C13H22N4OS/c1-2-5-15-13-16-7-11(19-13)9-17-6-3-4-10(8-17)12(14)18/h7,10H,2-6,8-9H2,1H3,(H2,14,18)(H,15,16). The lowest BCUT2D eigenvalue weighted by Gasteiger charge is -2.30. The minimum Gasteiger partial charge on any atom is -0.369 e. The number of anilines is 1. The number of carbonyl (C=O) groups excluding carboxylic acids is 1. The van der Waals surface area contributed by atoms with Crippen LogP contribution >= 0.6 is 11.3 Å². The van der Waals surface area contributed by atoms with Crippen LogP contribution in [0.2, 0.25) is 0 Å². The van der Waals surface area contributed by atoms with E-state index in [-0.39, 0.29) is 11.8 Å². The molecule has 1 fully saturated rings. The number of nitrogens with one attached hydrogen (secondary N) is 1. The predicted octanol–water partition coefficient (Wildman–Crippen LogP) is 1.66. The van der Waals surface area contributed by atoms with Gasteiger partial charge in [0, 0.05) is 30.7 Å². The van der Waals surface area contributed by atoms with E-state index in [0.29, 0.717) is 0 Å². The van der Waals surface area contributed by atoms with Crippen LogP contribution in [0.1, 0.15) is 31.1 Å². The monoisotopic (exact) mass is 282 g/mol. The molecule has 1 unspecified atom stereocenters. The van der Waals surface area contributed by atoms with Crippen molar-refractivity contribution in [1.82, 2.24) is 9.88 Å². The Bertz CT molecular complexity index is 421. The first kappa shape index (κ1) is 14.3. The highest BCUT2D eigenvalue weighted by Crippen LogP contribution is 2.23. The van der Waals surface area contributed by atoms with Crippen molar-refractivity contribution in [2.24, 2.45) is 11.7 Å². The SMILES string of the molecule is CCCNc1ncc(CN2CCCC(C(N)=O)C2)s1. The van der Waals surface area contributed by atoms with E-state index in [1.54, 1.807) is 11.3 Å². The Morgan fingerprint density at radius 3 is 3.26 bits per heavy atom. The molecule has 0 radical (unpaired) electrons. The quantitative estimate of drug-likeness (QED) is 0.832. The molecule has 1 aromatic rings. The van der Waals surface area contributed by atoms with Gasteiger partial charge in [-0.25, -0.2) is 4.98 Å². The van der Waals surface area contributed by atoms with Crippen molar-refractivity contribution in [3.8, 4) is 0 Å². The van der Waals surface area contributed by atoms with Crippen molar-refractivity contribution < 1.29 is 4.79 Å². The maximum Gasteiger partial charge on any atom is 0.221 e. The summed E-state index contributed by atoms with van der Waals surface area (Å²) in [5.74, 6) is -0.154. The molecule has 1 saturated heterocycles. The van der Waals surface area contributed by atoms with Gasteiger partial charge in [-0.1, -0.05) is 6.92 Å². The number of hydrogen-bond donors (Lipinski definition) is 2. The minimum atomic E-state index is -0.167. The first-order valence-electron chi connectivity index (χ1n) is 6.89. The Morgan fingerprint density at radius 2 is 2.53 bits per heavy atom. The third-order valence-corrected chi connectivity index (χ3v) is 4.31. The molecular formula is C13H22N4OS. The van der Waals surface area contributed by atoms with E-state index in [4.69, 9.17) is 5.73 Å². The van der Waals surface area contributed by atoms with Crippen molar-refractivity contribution in [2.45, 2.75) is 32.7 Å². The molecule has 2 rings (SSSR count). The molecule has 5 nitrogen and oxygen atoms in total. The maximum atomic E-state index is 11.3. The first-order valence-corrected chi connectivity index (χ1v) is 7.71. The Morgan fingerprint density at radius 1 is 1.68 bits per heavy atom. The fourth-order valence-electron chi connectivity index (χ4n) is 2.35.